The van der Waals surface area contributed by atoms with E-state index in [0.717, 1.165) is 29.0 Å². The van der Waals surface area contributed by atoms with E-state index >= 15 is 0 Å². The second kappa shape index (κ2) is 7.14. The molecular formula is C12H18ClNO2. The quantitative estimate of drug-likeness (QED) is 0.863. The minimum Gasteiger partial charge on any atom is -0.496 e. The van der Waals surface area contributed by atoms with Crippen LogP contribution in [0, 0.1) is 0 Å². The second-order valence-corrected chi connectivity index (χ2v) is 3.15. The Hall–Kier alpha value is -1.19. The summed E-state index contributed by atoms with van der Waals surface area (Å²) in [6, 6.07) is 3.86. The fourth-order valence-electron chi connectivity index (χ4n) is 1.49. The molecule has 90 valence electrons. The third-order valence-electron chi connectivity index (χ3n) is 2.27. The van der Waals surface area contributed by atoms with Gasteiger partial charge in [-0.3, -0.25) is 0 Å². The van der Waals surface area contributed by atoms with Crippen molar-refractivity contribution in [2.24, 2.45) is 5.73 Å². The highest BCUT2D eigenvalue weighted by Crippen LogP contribution is 2.29. The Morgan fingerprint density at radius 1 is 1.25 bits per heavy atom. The third kappa shape index (κ3) is 3.15. The summed E-state index contributed by atoms with van der Waals surface area (Å²) in [5.41, 5.74) is 7.51. The predicted octanol–water partition coefficient (Wildman–Crippen LogP) is 2.27. The molecule has 0 bridgehead atoms. The molecule has 0 atom stereocenters. The summed E-state index contributed by atoms with van der Waals surface area (Å²) < 4.78 is 10.5. The molecule has 0 amide bonds. The molecule has 0 unspecified atom stereocenters. The summed E-state index contributed by atoms with van der Waals surface area (Å²) in [5.74, 6) is 1.63. The standard InChI is InChI=1S/C12H17NO2.ClH/c1-4-9-7-12(15-3)10(5-6-13)8-11(9)14-2;/h4,7-8H,1,5-6,13H2,2-3H3;1H. The summed E-state index contributed by atoms with van der Waals surface area (Å²) >= 11 is 0. The molecule has 0 saturated heterocycles. The van der Waals surface area contributed by atoms with E-state index in [1.165, 1.54) is 0 Å². The highest BCUT2D eigenvalue weighted by atomic mass is 35.5. The number of benzene rings is 1. The lowest BCUT2D eigenvalue weighted by Gasteiger charge is -2.12. The number of hydrogen-bond acceptors (Lipinski definition) is 3. The maximum Gasteiger partial charge on any atom is 0.126 e. The van der Waals surface area contributed by atoms with Crippen LogP contribution in [-0.2, 0) is 6.42 Å². The zero-order valence-electron chi connectivity index (χ0n) is 9.66. The van der Waals surface area contributed by atoms with Crippen molar-refractivity contribution in [1.29, 1.82) is 0 Å². The van der Waals surface area contributed by atoms with Crippen LogP contribution < -0.4 is 15.2 Å². The number of halogens is 1. The Morgan fingerprint density at radius 2 is 1.88 bits per heavy atom. The molecule has 1 aromatic rings. The molecule has 0 aliphatic carbocycles. The normalized spacial score (nSPS) is 9.19. The first-order chi connectivity index (χ1) is 7.26. The summed E-state index contributed by atoms with van der Waals surface area (Å²) in [6.07, 6.45) is 2.52. The van der Waals surface area contributed by atoms with E-state index in [2.05, 4.69) is 6.58 Å². The van der Waals surface area contributed by atoms with Crippen molar-refractivity contribution < 1.29 is 9.47 Å². The Kier molecular flexibility index (Phi) is 6.61. The molecule has 0 saturated carbocycles. The molecule has 0 aromatic heterocycles. The van der Waals surface area contributed by atoms with E-state index in [1.807, 2.05) is 12.1 Å². The van der Waals surface area contributed by atoms with Gasteiger partial charge in [-0.2, -0.15) is 0 Å². The minimum absolute atomic E-state index is 0. The Morgan fingerprint density at radius 3 is 2.31 bits per heavy atom. The van der Waals surface area contributed by atoms with Crippen molar-refractivity contribution in [2.75, 3.05) is 20.8 Å². The number of ether oxygens (including phenoxy) is 2. The van der Waals surface area contributed by atoms with Gasteiger partial charge in [0.15, 0.2) is 0 Å². The number of hydrogen-bond donors (Lipinski definition) is 1. The zero-order chi connectivity index (χ0) is 11.3. The third-order valence-corrected chi connectivity index (χ3v) is 2.27. The fourth-order valence-corrected chi connectivity index (χ4v) is 1.49. The van der Waals surface area contributed by atoms with Crippen molar-refractivity contribution in [3.63, 3.8) is 0 Å². The molecule has 16 heavy (non-hydrogen) atoms. The van der Waals surface area contributed by atoms with E-state index in [4.69, 9.17) is 15.2 Å². The fraction of sp³-hybridized carbons (Fsp3) is 0.333. The summed E-state index contributed by atoms with van der Waals surface area (Å²) in [4.78, 5) is 0. The van der Waals surface area contributed by atoms with Crippen LogP contribution in [0.25, 0.3) is 6.08 Å². The number of methoxy groups -OCH3 is 2. The molecule has 0 aliphatic heterocycles. The summed E-state index contributed by atoms with van der Waals surface area (Å²) in [6.45, 7) is 4.32. The van der Waals surface area contributed by atoms with Crippen LogP contribution in [0.4, 0.5) is 0 Å². The molecule has 2 N–H and O–H groups in total. The van der Waals surface area contributed by atoms with Crippen molar-refractivity contribution in [3.05, 3.63) is 29.8 Å². The van der Waals surface area contributed by atoms with Gasteiger partial charge in [-0.05, 0) is 30.7 Å². The molecule has 3 nitrogen and oxygen atoms in total. The second-order valence-electron chi connectivity index (χ2n) is 3.15. The van der Waals surface area contributed by atoms with Crippen LogP contribution in [0.5, 0.6) is 11.5 Å². The first kappa shape index (κ1) is 14.8. The van der Waals surface area contributed by atoms with Gasteiger partial charge in [0, 0.05) is 5.56 Å². The monoisotopic (exact) mass is 243 g/mol. The van der Waals surface area contributed by atoms with Crippen molar-refractivity contribution in [2.45, 2.75) is 6.42 Å². The highest BCUT2D eigenvalue weighted by Gasteiger charge is 2.08. The van der Waals surface area contributed by atoms with Gasteiger partial charge in [-0.25, -0.2) is 0 Å². The van der Waals surface area contributed by atoms with Crippen LogP contribution >= 0.6 is 12.4 Å². The Balaban J connectivity index is 0.00000225. The highest BCUT2D eigenvalue weighted by molar-refractivity contribution is 5.85. The van der Waals surface area contributed by atoms with E-state index in [0.29, 0.717) is 6.54 Å². The van der Waals surface area contributed by atoms with Gasteiger partial charge in [0.25, 0.3) is 0 Å². The first-order valence-corrected chi connectivity index (χ1v) is 4.84. The lowest BCUT2D eigenvalue weighted by Crippen LogP contribution is -2.05. The van der Waals surface area contributed by atoms with Crippen molar-refractivity contribution >= 4 is 18.5 Å². The van der Waals surface area contributed by atoms with Gasteiger partial charge in [-0.15, -0.1) is 12.4 Å². The average Bonchev–Trinajstić information content (AvgIpc) is 2.28. The maximum atomic E-state index is 5.53. The first-order valence-electron chi connectivity index (χ1n) is 4.84. The van der Waals surface area contributed by atoms with Gasteiger partial charge in [0.1, 0.15) is 11.5 Å². The molecule has 4 heteroatoms. The number of nitrogens with two attached hydrogens (primary N) is 1. The molecule has 0 spiro atoms. The molecule has 0 heterocycles. The summed E-state index contributed by atoms with van der Waals surface area (Å²) in [5, 5.41) is 0. The van der Waals surface area contributed by atoms with Crippen molar-refractivity contribution in [3.8, 4) is 11.5 Å². The lowest BCUT2D eigenvalue weighted by atomic mass is 10.1. The topological polar surface area (TPSA) is 44.5 Å². The van der Waals surface area contributed by atoms with Crippen LogP contribution in [-0.4, -0.2) is 20.8 Å². The van der Waals surface area contributed by atoms with E-state index in [9.17, 15) is 0 Å². The van der Waals surface area contributed by atoms with Gasteiger partial charge in [-0.1, -0.05) is 12.7 Å². The van der Waals surface area contributed by atoms with Gasteiger partial charge < -0.3 is 15.2 Å². The van der Waals surface area contributed by atoms with Gasteiger partial charge in [0.2, 0.25) is 0 Å². The Labute approximate surface area is 103 Å². The van der Waals surface area contributed by atoms with E-state index in [1.54, 1.807) is 20.3 Å². The predicted molar refractivity (Wildman–Crippen MR) is 69.6 cm³/mol. The smallest absolute Gasteiger partial charge is 0.126 e. The van der Waals surface area contributed by atoms with E-state index < -0.39 is 0 Å². The number of rotatable bonds is 5. The zero-order valence-corrected chi connectivity index (χ0v) is 10.5. The van der Waals surface area contributed by atoms with Crippen LogP contribution in [0.15, 0.2) is 18.7 Å². The molecule has 0 fully saturated rings. The minimum atomic E-state index is 0. The maximum absolute atomic E-state index is 5.53. The summed E-state index contributed by atoms with van der Waals surface area (Å²) in [7, 11) is 3.29. The van der Waals surface area contributed by atoms with Gasteiger partial charge >= 0.3 is 0 Å². The van der Waals surface area contributed by atoms with Crippen LogP contribution in [0.1, 0.15) is 11.1 Å². The molecular weight excluding hydrogens is 226 g/mol. The Bertz CT molecular complexity index is 353. The van der Waals surface area contributed by atoms with Crippen LogP contribution in [0.2, 0.25) is 0 Å². The molecule has 0 aliphatic rings. The van der Waals surface area contributed by atoms with Gasteiger partial charge in [0.05, 0.1) is 14.2 Å². The SMILES string of the molecule is C=Cc1cc(OC)c(CCN)cc1OC.Cl. The average molecular weight is 244 g/mol. The largest absolute Gasteiger partial charge is 0.496 e. The van der Waals surface area contributed by atoms with Crippen molar-refractivity contribution in [1.82, 2.24) is 0 Å². The van der Waals surface area contributed by atoms with Crippen LogP contribution in [0.3, 0.4) is 0 Å². The molecule has 1 rings (SSSR count). The molecule has 1 aromatic carbocycles. The van der Waals surface area contributed by atoms with E-state index in [-0.39, 0.29) is 12.4 Å². The lowest BCUT2D eigenvalue weighted by molar-refractivity contribution is 0.398. The molecule has 0 radical (unpaired) electrons.